The van der Waals surface area contributed by atoms with Crippen LogP contribution in [-0.2, 0) is 0 Å². The van der Waals surface area contributed by atoms with Crippen molar-refractivity contribution in [3.8, 4) is 11.8 Å². The van der Waals surface area contributed by atoms with Gasteiger partial charge < -0.3 is 16.4 Å². The van der Waals surface area contributed by atoms with Crippen LogP contribution in [0.1, 0.15) is 43.4 Å². The minimum Gasteiger partial charge on any atom is -0.335 e. The molecule has 1 fully saturated rings. The Morgan fingerprint density at radius 3 is 2.65 bits per heavy atom. The molecule has 2 rings (SSSR count). The predicted octanol–water partition coefficient (Wildman–Crippen LogP) is 1.91. The molecule has 2 amide bonds. The number of hydrogen-bond acceptors (Lipinski definition) is 2. The summed E-state index contributed by atoms with van der Waals surface area (Å²) < 4.78 is 0. The van der Waals surface area contributed by atoms with E-state index in [0.29, 0.717) is 12.6 Å². The molecule has 0 heterocycles. The molecule has 20 heavy (non-hydrogen) atoms. The topological polar surface area (TPSA) is 67.2 Å². The molecule has 4 heteroatoms. The van der Waals surface area contributed by atoms with Gasteiger partial charge in [0.25, 0.3) is 0 Å². The number of nitrogens with one attached hydrogen (secondary N) is 2. The lowest BCUT2D eigenvalue weighted by atomic mass is 9.93. The summed E-state index contributed by atoms with van der Waals surface area (Å²) in [5.74, 6) is 5.80. The highest BCUT2D eigenvalue weighted by molar-refractivity contribution is 5.74. The molecular weight excluding hydrogens is 250 g/mol. The SMILES string of the molecule is CC(NC(=O)NC1CCC1)c1ccc(C#CCN)cc1. The molecule has 0 spiro atoms. The number of carbonyl (C=O) groups excluding carboxylic acids is 1. The van der Waals surface area contributed by atoms with Gasteiger partial charge in [-0.05, 0) is 43.9 Å². The number of rotatable bonds is 3. The Hall–Kier alpha value is -1.99. The van der Waals surface area contributed by atoms with Crippen molar-refractivity contribution in [2.75, 3.05) is 6.54 Å². The number of carbonyl (C=O) groups is 1. The smallest absolute Gasteiger partial charge is 0.315 e. The Morgan fingerprint density at radius 1 is 1.40 bits per heavy atom. The second-order valence-corrected chi connectivity index (χ2v) is 5.10. The van der Waals surface area contributed by atoms with Crippen molar-refractivity contribution >= 4 is 6.03 Å². The number of hydrogen-bond donors (Lipinski definition) is 3. The van der Waals surface area contributed by atoms with Crippen LogP contribution in [0.4, 0.5) is 4.79 Å². The van der Waals surface area contributed by atoms with Crippen LogP contribution < -0.4 is 16.4 Å². The summed E-state index contributed by atoms with van der Waals surface area (Å²) in [6, 6.07) is 8.10. The van der Waals surface area contributed by atoms with Crippen molar-refractivity contribution < 1.29 is 4.79 Å². The fraction of sp³-hybridized carbons (Fsp3) is 0.438. The Bertz CT molecular complexity index is 509. The van der Waals surface area contributed by atoms with Crippen molar-refractivity contribution in [2.24, 2.45) is 5.73 Å². The molecule has 106 valence electrons. The third kappa shape index (κ3) is 4.01. The first-order chi connectivity index (χ1) is 9.69. The number of amides is 2. The lowest BCUT2D eigenvalue weighted by Gasteiger charge is -2.27. The first kappa shape index (κ1) is 14.4. The summed E-state index contributed by atoms with van der Waals surface area (Å²) in [5.41, 5.74) is 7.33. The zero-order valence-corrected chi connectivity index (χ0v) is 11.8. The molecule has 1 atom stereocenters. The molecule has 1 unspecified atom stereocenters. The molecule has 0 bridgehead atoms. The number of benzene rings is 1. The van der Waals surface area contributed by atoms with E-state index in [1.165, 1.54) is 6.42 Å². The van der Waals surface area contributed by atoms with Crippen LogP contribution in [0.2, 0.25) is 0 Å². The van der Waals surface area contributed by atoms with Gasteiger partial charge in [-0.25, -0.2) is 4.79 Å². The molecule has 0 aromatic heterocycles. The van der Waals surface area contributed by atoms with Gasteiger partial charge in [0.2, 0.25) is 0 Å². The molecule has 4 N–H and O–H groups in total. The Labute approximate surface area is 120 Å². The van der Waals surface area contributed by atoms with Crippen molar-refractivity contribution in [3.05, 3.63) is 35.4 Å². The monoisotopic (exact) mass is 271 g/mol. The molecule has 0 saturated heterocycles. The minimum atomic E-state index is -0.0887. The Morgan fingerprint density at radius 2 is 2.10 bits per heavy atom. The zero-order chi connectivity index (χ0) is 14.4. The first-order valence-electron chi connectivity index (χ1n) is 7.05. The quantitative estimate of drug-likeness (QED) is 0.735. The minimum absolute atomic E-state index is 0.0217. The lowest BCUT2D eigenvalue weighted by molar-refractivity contribution is 0.225. The van der Waals surface area contributed by atoms with Gasteiger partial charge in [-0.15, -0.1) is 0 Å². The summed E-state index contributed by atoms with van der Waals surface area (Å²) in [6.07, 6.45) is 3.40. The van der Waals surface area contributed by atoms with Crippen molar-refractivity contribution in [3.63, 3.8) is 0 Å². The van der Waals surface area contributed by atoms with E-state index in [1.54, 1.807) is 0 Å². The van der Waals surface area contributed by atoms with E-state index in [4.69, 9.17) is 5.73 Å². The van der Waals surface area contributed by atoms with Crippen molar-refractivity contribution in [1.82, 2.24) is 10.6 Å². The maximum atomic E-state index is 11.8. The summed E-state index contributed by atoms with van der Waals surface area (Å²) in [7, 11) is 0. The molecule has 1 aromatic rings. The van der Waals surface area contributed by atoms with E-state index in [0.717, 1.165) is 24.0 Å². The highest BCUT2D eigenvalue weighted by Crippen LogP contribution is 2.18. The van der Waals surface area contributed by atoms with Crippen LogP contribution in [0, 0.1) is 11.8 Å². The van der Waals surface area contributed by atoms with Gasteiger partial charge in [0.1, 0.15) is 0 Å². The van der Waals surface area contributed by atoms with Gasteiger partial charge in [-0.2, -0.15) is 0 Å². The average molecular weight is 271 g/mol. The fourth-order valence-corrected chi connectivity index (χ4v) is 2.07. The average Bonchev–Trinajstić information content (AvgIpc) is 2.41. The zero-order valence-electron chi connectivity index (χ0n) is 11.8. The van der Waals surface area contributed by atoms with Gasteiger partial charge in [0.05, 0.1) is 12.6 Å². The van der Waals surface area contributed by atoms with Crippen LogP contribution in [0.3, 0.4) is 0 Å². The highest BCUT2D eigenvalue weighted by Gasteiger charge is 2.20. The third-order valence-electron chi connectivity index (χ3n) is 3.53. The molecule has 4 nitrogen and oxygen atoms in total. The second-order valence-electron chi connectivity index (χ2n) is 5.10. The van der Waals surface area contributed by atoms with E-state index in [2.05, 4.69) is 22.5 Å². The van der Waals surface area contributed by atoms with Gasteiger partial charge in [0, 0.05) is 11.6 Å². The highest BCUT2D eigenvalue weighted by atomic mass is 16.2. The van der Waals surface area contributed by atoms with Crippen molar-refractivity contribution in [2.45, 2.75) is 38.3 Å². The standard InChI is InChI=1S/C16H21N3O/c1-12(18-16(20)19-15-5-2-6-15)14-9-7-13(8-10-14)4-3-11-17/h7-10,12,15H,2,5-6,11,17H2,1H3,(H2,18,19,20). The molecule has 1 aromatic carbocycles. The van der Waals surface area contributed by atoms with E-state index >= 15 is 0 Å². The molecular formula is C16H21N3O. The first-order valence-corrected chi connectivity index (χ1v) is 7.05. The van der Waals surface area contributed by atoms with Crippen LogP contribution in [-0.4, -0.2) is 18.6 Å². The van der Waals surface area contributed by atoms with Gasteiger partial charge in [-0.1, -0.05) is 24.0 Å². The van der Waals surface area contributed by atoms with E-state index in [9.17, 15) is 4.79 Å². The van der Waals surface area contributed by atoms with Crippen molar-refractivity contribution in [1.29, 1.82) is 0 Å². The van der Waals surface area contributed by atoms with E-state index in [1.807, 2.05) is 31.2 Å². The van der Waals surface area contributed by atoms with E-state index in [-0.39, 0.29) is 12.1 Å². The lowest BCUT2D eigenvalue weighted by Crippen LogP contribution is -2.45. The third-order valence-corrected chi connectivity index (χ3v) is 3.53. The summed E-state index contributed by atoms with van der Waals surface area (Å²) >= 11 is 0. The number of nitrogens with two attached hydrogens (primary N) is 1. The molecule has 0 radical (unpaired) electrons. The summed E-state index contributed by atoms with van der Waals surface area (Å²) in [4.78, 5) is 11.8. The maximum absolute atomic E-state index is 11.8. The van der Waals surface area contributed by atoms with Gasteiger partial charge in [-0.3, -0.25) is 0 Å². The maximum Gasteiger partial charge on any atom is 0.315 e. The Kier molecular flexibility index (Phi) is 5.03. The second kappa shape index (κ2) is 6.97. The largest absolute Gasteiger partial charge is 0.335 e. The molecule has 1 aliphatic carbocycles. The fourth-order valence-electron chi connectivity index (χ4n) is 2.07. The van der Waals surface area contributed by atoms with Crippen LogP contribution in [0.15, 0.2) is 24.3 Å². The molecule has 1 saturated carbocycles. The number of urea groups is 1. The Balaban J connectivity index is 1.87. The van der Waals surface area contributed by atoms with Gasteiger partial charge >= 0.3 is 6.03 Å². The van der Waals surface area contributed by atoms with Crippen LogP contribution in [0.25, 0.3) is 0 Å². The normalized spacial score (nSPS) is 15.5. The molecule has 1 aliphatic rings. The summed E-state index contributed by atoms with van der Waals surface area (Å²) in [5, 5.41) is 5.92. The summed E-state index contributed by atoms with van der Waals surface area (Å²) in [6.45, 7) is 2.34. The van der Waals surface area contributed by atoms with Crippen LogP contribution >= 0.6 is 0 Å². The molecule has 0 aliphatic heterocycles. The predicted molar refractivity (Wildman–Crippen MR) is 80.1 cm³/mol. The van der Waals surface area contributed by atoms with E-state index < -0.39 is 0 Å². The van der Waals surface area contributed by atoms with Crippen LogP contribution in [0.5, 0.6) is 0 Å². The van der Waals surface area contributed by atoms with Gasteiger partial charge in [0.15, 0.2) is 0 Å².